The highest BCUT2D eigenvalue weighted by molar-refractivity contribution is 7.90. The Kier molecular flexibility index (Phi) is 4.32. The Balaban J connectivity index is 0.000000468. The highest BCUT2D eigenvalue weighted by Crippen LogP contribution is 2.42. The third-order valence-corrected chi connectivity index (χ3v) is 4.67. The number of epoxide rings is 1. The molecule has 2 aromatic rings. The van der Waals surface area contributed by atoms with Crippen LogP contribution in [0.3, 0.4) is 0 Å². The van der Waals surface area contributed by atoms with Crippen LogP contribution in [0.2, 0.25) is 0 Å². The van der Waals surface area contributed by atoms with Crippen LogP contribution in [0.15, 0.2) is 39.9 Å². The van der Waals surface area contributed by atoms with Gasteiger partial charge in [-0.2, -0.15) is 0 Å². The summed E-state index contributed by atoms with van der Waals surface area (Å²) in [6, 6.07) is 5.91. The fourth-order valence-corrected chi connectivity index (χ4v) is 2.70. The number of hydrogen-bond acceptors (Lipinski definition) is 6. The zero-order chi connectivity index (χ0) is 16.4. The Morgan fingerprint density at radius 3 is 2.26 bits per heavy atom. The van der Waals surface area contributed by atoms with Gasteiger partial charge in [-0.3, -0.25) is 4.79 Å². The van der Waals surface area contributed by atoms with E-state index in [4.69, 9.17) is 4.52 Å². The first-order valence-corrected chi connectivity index (χ1v) is 9.23. The second-order valence-corrected chi connectivity index (χ2v) is 7.63. The van der Waals surface area contributed by atoms with E-state index in [0.717, 1.165) is 32.3 Å². The standard InChI is InChI=1S/C14H13NO4S.C2H4O/c1-20(17,18)11-6-4-9(5-7-11)13(16)12-8-15-19-14(12)10-2-3-10;1-2-3-1/h4-8,10H,2-3H2,1H3;1-2H2. The molecule has 0 spiro atoms. The highest BCUT2D eigenvalue weighted by Gasteiger charge is 2.32. The van der Waals surface area contributed by atoms with Gasteiger partial charge in [-0.15, -0.1) is 0 Å². The van der Waals surface area contributed by atoms with Crippen LogP contribution in [0.4, 0.5) is 0 Å². The van der Waals surface area contributed by atoms with E-state index in [2.05, 4.69) is 9.89 Å². The molecule has 1 aliphatic heterocycles. The van der Waals surface area contributed by atoms with Gasteiger partial charge in [-0.25, -0.2) is 8.42 Å². The summed E-state index contributed by atoms with van der Waals surface area (Å²) in [4.78, 5) is 12.6. The van der Waals surface area contributed by atoms with Gasteiger partial charge in [0.15, 0.2) is 21.4 Å². The Morgan fingerprint density at radius 1 is 1.17 bits per heavy atom. The van der Waals surface area contributed by atoms with Crippen LogP contribution in [0.1, 0.15) is 40.4 Å². The van der Waals surface area contributed by atoms with E-state index < -0.39 is 9.84 Å². The molecule has 6 nitrogen and oxygen atoms in total. The smallest absolute Gasteiger partial charge is 0.198 e. The number of ether oxygens (including phenoxy) is 1. The van der Waals surface area contributed by atoms with Gasteiger partial charge in [-0.1, -0.05) is 5.16 Å². The van der Waals surface area contributed by atoms with E-state index in [1.807, 2.05) is 0 Å². The number of benzene rings is 1. The van der Waals surface area contributed by atoms with Crippen molar-refractivity contribution < 1.29 is 22.5 Å². The SMILES string of the molecule is C1CO1.CS(=O)(=O)c1ccc(C(=O)c2cnoc2C2CC2)cc1. The molecule has 0 bridgehead atoms. The topological polar surface area (TPSA) is 89.8 Å². The average Bonchev–Trinajstić information content (AvgIpc) is 3.44. The fourth-order valence-electron chi connectivity index (χ4n) is 2.07. The van der Waals surface area contributed by atoms with Crippen molar-refractivity contribution in [3.8, 4) is 0 Å². The molecule has 0 atom stereocenters. The third kappa shape index (κ3) is 4.05. The van der Waals surface area contributed by atoms with Crippen LogP contribution in [0, 0.1) is 0 Å². The predicted octanol–water partition coefficient (Wildman–Crippen LogP) is 2.20. The predicted molar refractivity (Wildman–Crippen MR) is 82.3 cm³/mol. The van der Waals surface area contributed by atoms with Crippen molar-refractivity contribution in [3.63, 3.8) is 0 Å². The molecule has 4 rings (SSSR count). The zero-order valence-corrected chi connectivity index (χ0v) is 13.5. The summed E-state index contributed by atoms with van der Waals surface area (Å²) < 4.78 is 32.4. The van der Waals surface area contributed by atoms with Crippen molar-refractivity contribution in [3.05, 3.63) is 47.3 Å². The van der Waals surface area contributed by atoms with Gasteiger partial charge in [-0.05, 0) is 37.1 Å². The van der Waals surface area contributed by atoms with Crippen molar-refractivity contribution in [2.24, 2.45) is 0 Å². The number of aromatic nitrogens is 1. The Bertz CT molecular complexity index is 798. The van der Waals surface area contributed by atoms with Crippen LogP contribution in [0.25, 0.3) is 0 Å². The van der Waals surface area contributed by atoms with Crippen LogP contribution in [-0.4, -0.2) is 38.8 Å². The molecule has 1 aromatic heterocycles. The molecule has 23 heavy (non-hydrogen) atoms. The molecular formula is C16H17NO5S. The molecule has 122 valence electrons. The first-order chi connectivity index (χ1) is 11.0. The van der Waals surface area contributed by atoms with E-state index in [1.54, 1.807) is 0 Å². The quantitative estimate of drug-likeness (QED) is 0.628. The lowest BCUT2D eigenvalue weighted by atomic mass is 10.0. The van der Waals surface area contributed by atoms with Crippen molar-refractivity contribution in [2.45, 2.75) is 23.7 Å². The van der Waals surface area contributed by atoms with E-state index in [-0.39, 0.29) is 10.7 Å². The number of sulfone groups is 1. The van der Waals surface area contributed by atoms with E-state index in [1.165, 1.54) is 30.5 Å². The molecule has 1 saturated heterocycles. The summed E-state index contributed by atoms with van der Waals surface area (Å²) in [6.07, 6.45) is 4.60. The first kappa shape index (κ1) is 15.9. The maximum absolute atomic E-state index is 12.4. The Hall–Kier alpha value is -1.99. The number of carbonyl (C=O) groups is 1. The lowest BCUT2D eigenvalue weighted by molar-refractivity contribution is 0.103. The summed E-state index contributed by atoms with van der Waals surface area (Å²) in [5.41, 5.74) is 0.905. The average molecular weight is 335 g/mol. The number of hydrogen-bond donors (Lipinski definition) is 0. The molecule has 0 unspecified atom stereocenters. The van der Waals surface area contributed by atoms with E-state index in [0.29, 0.717) is 22.8 Å². The van der Waals surface area contributed by atoms with Crippen LogP contribution in [0.5, 0.6) is 0 Å². The van der Waals surface area contributed by atoms with Gasteiger partial charge in [0.05, 0.1) is 29.9 Å². The molecule has 0 amide bonds. The first-order valence-electron chi connectivity index (χ1n) is 7.34. The van der Waals surface area contributed by atoms with Crippen molar-refractivity contribution in [2.75, 3.05) is 19.5 Å². The largest absolute Gasteiger partial charge is 0.377 e. The van der Waals surface area contributed by atoms with Gasteiger partial charge >= 0.3 is 0 Å². The third-order valence-electron chi connectivity index (χ3n) is 3.54. The van der Waals surface area contributed by atoms with E-state index in [9.17, 15) is 13.2 Å². The van der Waals surface area contributed by atoms with Crippen molar-refractivity contribution >= 4 is 15.6 Å². The van der Waals surface area contributed by atoms with Crippen LogP contribution in [-0.2, 0) is 14.6 Å². The minimum absolute atomic E-state index is 0.187. The maximum atomic E-state index is 12.4. The molecular weight excluding hydrogens is 318 g/mol. The highest BCUT2D eigenvalue weighted by atomic mass is 32.2. The van der Waals surface area contributed by atoms with Gasteiger partial charge in [0.25, 0.3) is 0 Å². The number of rotatable bonds is 4. The normalized spacial score (nSPS) is 16.4. The van der Waals surface area contributed by atoms with Gasteiger partial charge < -0.3 is 9.26 Å². The summed E-state index contributed by atoms with van der Waals surface area (Å²) in [5, 5.41) is 3.70. The summed E-state index contributed by atoms with van der Waals surface area (Å²) in [5.74, 6) is 0.752. The van der Waals surface area contributed by atoms with Gasteiger partial charge in [0, 0.05) is 17.7 Å². The molecule has 1 aliphatic carbocycles. The molecule has 2 aliphatic rings. The molecule has 1 saturated carbocycles. The summed E-state index contributed by atoms with van der Waals surface area (Å²) in [7, 11) is -3.25. The minimum atomic E-state index is -3.25. The van der Waals surface area contributed by atoms with Gasteiger partial charge in [0.2, 0.25) is 0 Å². The second-order valence-electron chi connectivity index (χ2n) is 5.62. The number of carbonyl (C=O) groups excluding carboxylic acids is 1. The Labute approximate surface area is 134 Å². The monoisotopic (exact) mass is 335 g/mol. The molecule has 0 radical (unpaired) electrons. The fraction of sp³-hybridized carbons (Fsp3) is 0.375. The Morgan fingerprint density at radius 2 is 1.78 bits per heavy atom. The summed E-state index contributed by atoms with van der Waals surface area (Å²) >= 11 is 0. The van der Waals surface area contributed by atoms with E-state index >= 15 is 0 Å². The van der Waals surface area contributed by atoms with Crippen molar-refractivity contribution in [1.29, 1.82) is 0 Å². The van der Waals surface area contributed by atoms with Gasteiger partial charge in [0.1, 0.15) is 0 Å². The lowest BCUT2D eigenvalue weighted by Gasteiger charge is -2.02. The maximum Gasteiger partial charge on any atom is 0.198 e. The summed E-state index contributed by atoms with van der Waals surface area (Å²) in [6.45, 7) is 2.00. The van der Waals surface area contributed by atoms with Crippen LogP contribution < -0.4 is 0 Å². The number of nitrogens with zero attached hydrogens (tertiary/aromatic N) is 1. The lowest BCUT2D eigenvalue weighted by Crippen LogP contribution is -2.04. The molecule has 2 fully saturated rings. The second kappa shape index (κ2) is 6.25. The van der Waals surface area contributed by atoms with Crippen molar-refractivity contribution in [1.82, 2.24) is 5.16 Å². The molecule has 0 N–H and O–H groups in total. The van der Waals surface area contributed by atoms with Crippen LogP contribution >= 0.6 is 0 Å². The minimum Gasteiger partial charge on any atom is -0.377 e. The zero-order valence-electron chi connectivity index (χ0n) is 12.7. The molecule has 1 aromatic carbocycles. The molecule has 7 heteroatoms. The number of ketones is 1. The molecule has 2 heterocycles.